The molecule has 1 amide bonds. The third-order valence-corrected chi connectivity index (χ3v) is 3.98. The second-order valence-corrected chi connectivity index (χ2v) is 5.58. The number of nitrogens with one attached hydrogen (secondary N) is 1. The summed E-state index contributed by atoms with van der Waals surface area (Å²) in [5, 5.41) is 3.94. The highest BCUT2D eigenvalue weighted by molar-refractivity contribution is 7.11. The number of anilines is 1. The SMILES string of the molecule is Cc1nc(C)c(C(C)NC(=O)c2ccc(N)nc2)s1. The monoisotopic (exact) mass is 276 g/mol. The molecule has 0 aliphatic carbocycles. The molecule has 0 fully saturated rings. The molecule has 0 spiro atoms. The largest absolute Gasteiger partial charge is 0.384 e. The summed E-state index contributed by atoms with van der Waals surface area (Å²) in [6, 6.07) is 3.20. The van der Waals surface area contributed by atoms with E-state index in [1.807, 2.05) is 20.8 Å². The molecule has 0 aliphatic rings. The maximum atomic E-state index is 12.1. The van der Waals surface area contributed by atoms with Crippen LogP contribution >= 0.6 is 11.3 Å². The number of nitrogens with two attached hydrogens (primary N) is 1. The maximum absolute atomic E-state index is 12.1. The summed E-state index contributed by atoms with van der Waals surface area (Å²) in [5.41, 5.74) is 6.96. The number of hydrogen-bond acceptors (Lipinski definition) is 5. The van der Waals surface area contributed by atoms with Crippen molar-refractivity contribution in [2.75, 3.05) is 5.73 Å². The van der Waals surface area contributed by atoms with Crippen LogP contribution in [0.2, 0.25) is 0 Å². The zero-order valence-corrected chi connectivity index (χ0v) is 11.9. The van der Waals surface area contributed by atoms with E-state index in [1.165, 1.54) is 6.20 Å². The lowest BCUT2D eigenvalue weighted by Gasteiger charge is -2.12. The highest BCUT2D eigenvalue weighted by Crippen LogP contribution is 2.24. The Morgan fingerprint density at radius 3 is 2.68 bits per heavy atom. The Morgan fingerprint density at radius 1 is 1.42 bits per heavy atom. The van der Waals surface area contributed by atoms with Gasteiger partial charge in [-0.05, 0) is 32.9 Å². The Kier molecular flexibility index (Phi) is 3.80. The van der Waals surface area contributed by atoms with Gasteiger partial charge in [0.1, 0.15) is 5.82 Å². The molecule has 0 saturated carbocycles. The van der Waals surface area contributed by atoms with Gasteiger partial charge >= 0.3 is 0 Å². The highest BCUT2D eigenvalue weighted by Gasteiger charge is 2.16. The molecule has 0 bridgehead atoms. The summed E-state index contributed by atoms with van der Waals surface area (Å²) in [6.45, 7) is 5.86. The fraction of sp³-hybridized carbons (Fsp3) is 0.308. The molecule has 100 valence electrons. The summed E-state index contributed by atoms with van der Waals surface area (Å²) in [5.74, 6) is 0.240. The van der Waals surface area contributed by atoms with Crippen LogP contribution in [0.15, 0.2) is 18.3 Å². The second-order valence-electron chi connectivity index (χ2n) is 4.35. The van der Waals surface area contributed by atoms with E-state index in [0.717, 1.165) is 15.6 Å². The van der Waals surface area contributed by atoms with Crippen LogP contribution in [0.4, 0.5) is 5.82 Å². The van der Waals surface area contributed by atoms with E-state index in [2.05, 4.69) is 15.3 Å². The number of carbonyl (C=O) groups excluding carboxylic acids is 1. The smallest absolute Gasteiger partial charge is 0.253 e. The van der Waals surface area contributed by atoms with Gasteiger partial charge in [-0.2, -0.15) is 0 Å². The van der Waals surface area contributed by atoms with E-state index in [9.17, 15) is 4.79 Å². The van der Waals surface area contributed by atoms with Gasteiger partial charge in [-0.1, -0.05) is 0 Å². The average molecular weight is 276 g/mol. The Bertz CT molecular complexity index is 591. The van der Waals surface area contributed by atoms with E-state index in [0.29, 0.717) is 11.4 Å². The molecule has 2 aromatic rings. The predicted octanol–water partition coefficient (Wildman–Crippen LogP) is 2.23. The summed E-state index contributed by atoms with van der Waals surface area (Å²) in [7, 11) is 0. The van der Waals surface area contributed by atoms with E-state index >= 15 is 0 Å². The number of amides is 1. The van der Waals surface area contributed by atoms with Gasteiger partial charge in [0.05, 0.1) is 22.3 Å². The minimum absolute atomic E-state index is 0.0729. The number of nitrogen functional groups attached to an aromatic ring is 1. The molecule has 2 rings (SSSR count). The molecule has 1 atom stereocenters. The molecule has 0 radical (unpaired) electrons. The van der Waals surface area contributed by atoms with Gasteiger partial charge in [0.25, 0.3) is 5.91 Å². The number of thiazole rings is 1. The summed E-state index contributed by atoms with van der Waals surface area (Å²) in [4.78, 5) is 21.4. The Morgan fingerprint density at radius 2 is 2.16 bits per heavy atom. The van der Waals surface area contributed by atoms with Crippen molar-refractivity contribution in [3.63, 3.8) is 0 Å². The minimum atomic E-state index is -0.162. The molecule has 5 nitrogen and oxygen atoms in total. The lowest BCUT2D eigenvalue weighted by Crippen LogP contribution is -2.26. The number of aromatic nitrogens is 2. The Hall–Kier alpha value is -1.95. The number of pyridine rings is 1. The summed E-state index contributed by atoms with van der Waals surface area (Å²) in [6.07, 6.45) is 1.47. The lowest BCUT2D eigenvalue weighted by atomic mass is 10.2. The zero-order valence-electron chi connectivity index (χ0n) is 11.1. The standard InChI is InChI=1S/C13H16N4OS/c1-7-12(19-9(3)16-7)8(2)17-13(18)10-4-5-11(14)15-6-10/h4-6,8H,1-3H3,(H2,14,15)(H,17,18). The Labute approximate surface area is 115 Å². The minimum Gasteiger partial charge on any atom is -0.384 e. The predicted molar refractivity (Wildman–Crippen MR) is 76.1 cm³/mol. The van der Waals surface area contributed by atoms with E-state index in [-0.39, 0.29) is 11.9 Å². The van der Waals surface area contributed by atoms with E-state index in [1.54, 1.807) is 23.5 Å². The first-order chi connectivity index (χ1) is 8.97. The van der Waals surface area contributed by atoms with Crippen LogP contribution in [0.5, 0.6) is 0 Å². The molecule has 3 N–H and O–H groups in total. The first-order valence-electron chi connectivity index (χ1n) is 5.93. The van der Waals surface area contributed by atoms with Crippen LogP contribution in [0.3, 0.4) is 0 Å². The molecule has 6 heteroatoms. The normalized spacial score (nSPS) is 12.2. The van der Waals surface area contributed by atoms with Crippen molar-refractivity contribution in [3.05, 3.63) is 39.5 Å². The lowest BCUT2D eigenvalue weighted by molar-refractivity contribution is 0.0940. The maximum Gasteiger partial charge on any atom is 0.253 e. The van der Waals surface area contributed by atoms with E-state index < -0.39 is 0 Å². The number of nitrogens with zero attached hydrogens (tertiary/aromatic N) is 2. The van der Waals surface area contributed by atoms with Gasteiger partial charge in [0.2, 0.25) is 0 Å². The van der Waals surface area contributed by atoms with Crippen LogP contribution in [-0.2, 0) is 0 Å². The second kappa shape index (κ2) is 5.36. The number of aryl methyl sites for hydroxylation is 2. The van der Waals surface area contributed by atoms with Crippen LogP contribution < -0.4 is 11.1 Å². The number of rotatable bonds is 3. The van der Waals surface area contributed by atoms with Gasteiger partial charge in [-0.15, -0.1) is 11.3 Å². The fourth-order valence-corrected chi connectivity index (χ4v) is 2.76. The molecule has 2 aromatic heterocycles. The van der Waals surface area contributed by atoms with Crippen molar-refractivity contribution in [3.8, 4) is 0 Å². The zero-order chi connectivity index (χ0) is 14.0. The van der Waals surface area contributed by atoms with Gasteiger partial charge < -0.3 is 11.1 Å². The van der Waals surface area contributed by atoms with Crippen molar-refractivity contribution in [2.45, 2.75) is 26.8 Å². The third-order valence-electron chi connectivity index (χ3n) is 2.73. The molecule has 0 aliphatic heterocycles. The van der Waals surface area contributed by atoms with Crippen LogP contribution in [-0.4, -0.2) is 15.9 Å². The van der Waals surface area contributed by atoms with Crippen molar-refractivity contribution in [2.24, 2.45) is 0 Å². The Balaban J connectivity index is 2.10. The van der Waals surface area contributed by atoms with Crippen LogP contribution in [0.1, 0.15) is 38.9 Å². The molecule has 19 heavy (non-hydrogen) atoms. The molecule has 0 saturated heterocycles. The topological polar surface area (TPSA) is 80.9 Å². The van der Waals surface area contributed by atoms with Crippen LogP contribution in [0.25, 0.3) is 0 Å². The number of hydrogen-bond donors (Lipinski definition) is 2. The molecular weight excluding hydrogens is 260 g/mol. The average Bonchev–Trinajstić information content (AvgIpc) is 2.69. The third kappa shape index (κ3) is 3.08. The first-order valence-corrected chi connectivity index (χ1v) is 6.75. The van der Waals surface area contributed by atoms with Crippen LogP contribution in [0, 0.1) is 13.8 Å². The van der Waals surface area contributed by atoms with Gasteiger partial charge in [-0.3, -0.25) is 4.79 Å². The van der Waals surface area contributed by atoms with Gasteiger partial charge in [0.15, 0.2) is 0 Å². The van der Waals surface area contributed by atoms with Crippen molar-refractivity contribution in [1.82, 2.24) is 15.3 Å². The molecular formula is C13H16N4OS. The summed E-state index contributed by atoms with van der Waals surface area (Å²) < 4.78 is 0. The first kappa shape index (κ1) is 13.5. The fourth-order valence-electron chi connectivity index (χ4n) is 1.83. The summed E-state index contributed by atoms with van der Waals surface area (Å²) >= 11 is 1.60. The quantitative estimate of drug-likeness (QED) is 0.900. The van der Waals surface area contributed by atoms with Crippen molar-refractivity contribution >= 4 is 23.1 Å². The van der Waals surface area contributed by atoms with E-state index in [4.69, 9.17) is 5.73 Å². The van der Waals surface area contributed by atoms with Crippen molar-refractivity contribution in [1.29, 1.82) is 0 Å². The highest BCUT2D eigenvalue weighted by atomic mass is 32.1. The van der Waals surface area contributed by atoms with Crippen molar-refractivity contribution < 1.29 is 4.79 Å². The van der Waals surface area contributed by atoms with Gasteiger partial charge in [-0.25, -0.2) is 9.97 Å². The molecule has 1 unspecified atom stereocenters. The number of carbonyl (C=O) groups is 1. The van der Waals surface area contributed by atoms with Gasteiger partial charge in [0, 0.05) is 11.1 Å². The molecule has 2 heterocycles. The molecule has 0 aromatic carbocycles.